The Hall–Kier alpha value is -3.97. The lowest BCUT2D eigenvalue weighted by molar-refractivity contribution is -0.140. The third-order valence-corrected chi connectivity index (χ3v) is 5.79. The van der Waals surface area contributed by atoms with Crippen LogP contribution in [0.4, 0.5) is 15.8 Å². The molecule has 35 heavy (non-hydrogen) atoms. The lowest BCUT2D eigenvalue weighted by atomic mass is 9.98. The van der Waals surface area contributed by atoms with Crippen molar-refractivity contribution >= 4 is 34.5 Å². The Morgan fingerprint density at radius 1 is 1.00 bits per heavy atom. The van der Waals surface area contributed by atoms with Crippen molar-refractivity contribution < 1.29 is 18.7 Å². The summed E-state index contributed by atoms with van der Waals surface area (Å²) in [5.41, 5.74) is 5.92. The van der Waals surface area contributed by atoms with E-state index in [2.05, 4.69) is 15.5 Å². The molecular formula is C28H28FN3O3. The molecule has 180 valence electrons. The first kappa shape index (κ1) is 24.2. The van der Waals surface area contributed by atoms with Crippen molar-refractivity contribution in [1.82, 2.24) is 4.90 Å². The molecule has 1 aliphatic rings. The highest BCUT2D eigenvalue weighted by Crippen LogP contribution is 2.38. The van der Waals surface area contributed by atoms with Crippen LogP contribution in [0.1, 0.15) is 28.7 Å². The van der Waals surface area contributed by atoms with Crippen molar-refractivity contribution in [3.63, 3.8) is 0 Å². The van der Waals surface area contributed by atoms with Crippen LogP contribution in [-0.2, 0) is 27.3 Å². The molecule has 0 aromatic heterocycles. The number of esters is 1. The summed E-state index contributed by atoms with van der Waals surface area (Å²) < 4.78 is 18.5. The minimum absolute atomic E-state index is 0.261. The van der Waals surface area contributed by atoms with Gasteiger partial charge in [-0.15, -0.1) is 0 Å². The van der Waals surface area contributed by atoms with Gasteiger partial charge in [0.25, 0.3) is 5.91 Å². The molecule has 0 fully saturated rings. The van der Waals surface area contributed by atoms with Gasteiger partial charge >= 0.3 is 5.97 Å². The van der Waals surface area contributed by atoms with Crippen molar-refractivity contribution in [2.24, 2.45) is 0 Å². The molecule has 3 aromatic rings. The first-order chi connectivity index (χ1) is 16.8. The minimum atomic E-state index is -0.411. The molecule has 0 radical (unpaired) electrons. The van der Waals surface area contributed by atoms with Gasteiger partial charge in [0.2, 0.25) is 0 Å². The van der Waals surface area contributed by atoms with E-state index < -0.39 is 5.82 Å². The maximum atomic E-state index is 13.8. The molecule has 1 aliphatic heterocycles. The van der Waals surface area contributed by atoms with Gasteiger partial charge in [-0.3, -0.25) is 9.59 Å². The van der Waals surface area contributed by atoms with Gasteiger partial charge in [-0.05, 0) is 67.5 Å². The molecule has 0 atom stereocenters. The molecule has 1 amide bonds. The number of aryl methyl sites for hydroxylation is 1. The first-order valence-corrected chi connectivity index (χ1v) is 11.4. The zero-order valence-corrected chi connectivity index (χ0v) is 20.0. The summed E-state index contributed by atoms with van der Waals surface area (Å²) in [6, 6.07) is 20.0. The van der Waals surface area contributed by atoms with Crippen LogP contribution in [0.15, 0.2) is 66.7 Å². The number of halogens is 1. The molecule has 0 bridgehead atoms. The largest absolute Gasteiger partial charge is 0.469 e. The first-order valence-electron chi connectivity index (χ1n) is 11.4. The Morgan fingerprint density at radius 3 is 2.34 bits per heavy atom. The second-order valence-electron chi connectivity index (χ2n) is 8.73. The van der Waals surface area contributed by atoms with E-state index in [1.807, 2.05) is 62.6 Å². The van der Waals surface area contributed by atoms with Gasteiger partial charge in [0, 0.05) is 24.2 Å². The van der Waals surface area contributed by atoms with Gasteiger partial charge in [0.05, 0.1) is 24.1 Å². The highest BCUT2D eigenvalue weighted by molar-refractivity contribution is 6.37. The van der Waals surface area contributed by atoms with E-state index in [1.54, 1.807) is 6.07 Å². The number of nitrogens with one attached hydrogen (secondary N) is 2. The van der Waals surface area contributed by atoms with Gasteiger partial charge in [-0.2, -0.15) is 0 Å². The number of nitrogens with zero attached hydrogens (tertiary/aromatic N) is 1. The molecule has 0 saturated heterocycles. The van der Waals surface area contributed by atoms with Crippen LogP contribution in [-0.4, -0.2) is 38.0 Å². The highest BCUT2D eigenvalue weighted by atomic mass is 19.1. The highest BCUT2D eigenvalue weighted by Gasteiger charge is 2.28. The van der Waals surface area contributed by atoms with E-state index in [9.17, 15) is 14.0 Å². The predicted molar refractivity (Wildman–Crippen MR) is 136 cm³/mol. The summed E-state index contributed by atoms with van der Waals surface area (Å²) in [5.74, 6) is -0.971. The van der Waals surface area contributed by atoms with E-state index in [0.717, 1.165) is 23.4 Å². The summed E-state index contributed by atoms with van der Waals surface area (Å²) in [5, 5.41) is 6.19. The number of hydrogen-bond donors (Lipinski definition) is 2. The average Bonchev–Trinajstić information content (AvgIpc) is 3.16. The molecule has 1 heterocycles. The summed E-state index contributed by atoms with van der Waals surface area (Å²) in [4.78, 5) is 26.6. The molecule has 7 heteroatoms. The van der Waals surface area contributed by atoms with Gasteiger partial charge in [-0.25, -0.2) is 4.39 Å². The van der Waals surface area contributed by atoms with E-state index in [-0.39, 0.29) is 11.9 Å². The Labute approximate surface area is 204 Å². The number of ether oxygens (including phenoxy) is 1. The summed E-state index contributed by atoms with van der Waals surface area (Å²) in [6.07, 6.45) is 0.852. The van der Waals surface area contributed by atoms with Crippen molar-refractivity contribution in [1.29, 1.82) is 0 Å². The number of rotatable bonds is 8. The third kappa shape index (κ3) is 5.75. The number of amides is 1. The van der Waals surface area contributed by atoms with Crippen LogP contribution in [0.25, 0.3) is 11.3 Å². The SMILES string of the molecule is COC(=O)CCc1ccc(/C(Nc2ccc(CN(C)C)cc2)=C2/C(=O)Nc3cc(F)ccc32)cc1. The summed E-state index contributed by atoms with van der Waals surface area (Å²) in [7, 11) is 5.41. The lowest BCUT2D eigenvalue weighted by Crippen LogP contribution is -2.11. The minimum Gasteiger partial charge on any atom is -0.469 e. The molecule has 0 unspecified atom stereocenters. The van der Waals surface area contributed by atoms with Crippen LogP contribution < -0.4 is 10.6 Å². The number of hydrogen-bond acceptors (Lipinski definition) is 5. The molecule has 2 N–H and O–H groups in total. The van der Waals surface area contributed by atoms with Crippen molar-refractivity contribution in [3.05, 3.63) is 94.8 Å². The fourth-order valence-corrected chi connectivity index (χ4v) is 4.06. The molecular weight excluding hydrogens is 445 g/mol. The summed E-state index contributed by atoms with van der Waals surface area (Å²) in [6.45, 7) is 0.822. The van der Waals surface area contributed by atoms with Crippen molar-refractivity contribution in [2.75, 3.05) is 31.8 Å². The number of anilines is 2. The van der Waals surface area contributed by atoms with Crippen molar-refractivity contribution in [3.8, 4) is 0 Å². The smallest absolute Gasteiger partial charge is 0.305 e. The molecule has 6 nitrogen and oxygen atoms in total. The average molecular weight is 474 g/mol. The molecule has 4 rings (SSSR count). The van der Waals surface area contributed by atoms with E-state index in [1.165, 1.54) is 24.8 Å². The Kier molecular flexibility index (Phi) is 7.27. The monoisotopic (exact) mass is 473 g/mol. The van der Waals surface area contributed by atoms with Crippen LogP contribution in [0, 0.1) is 5.82 Å². The number of carbonyl (C=O) groups is 2. The van der Waals surface area contributed by atoms with Crippen LogP contribution in [0.5, 0.6) is 0 Å². The molecule has 0 saturated carbocycles. The normalized spacial score (nSPS) is 13.9. The predicted octanol–water partition coefficient (Wildman–Crippen LogP) is 4.93. The Bertz CT molecular complexity index is 1270. The van der Waals surface area contributed by atoms with Gasteiger partial charge in [-0.1, -0.05) is 36.4 Å². The molecule has 3 aromatic carbocycles. The fourth-order valence-electron chi connectivity index (χ4n) is 4.06. The van der Waals surface area contributed by atoms with Gasteiger partial charge in [0.1, 0.15) is 5.82 Å². The maximum Gasteiger partial charge on any atom is 0.305 e. The Balaban J connectivity index is 1.72. The van der Waals surface area contributed by atoms with E-state index >= 15 is 0 Å². The number of carbonyl (C=O) groups excluding carboxylic acids is 2. The summed E-state index contributed by atoms with van der Waals surface area (Å²) >= 11 is 0. The maximum absolute atomic E-state index is 13.8. The van der Waals surface area contributed by atoms with E-state index in [0.29, 0.717) is 35.4 Å². The second-order valence-corrected chi connectivity index (χ2v) is 8.73. The topological polar surface area (TPSA) is 70.7 Å². The standard InChI is InChI=1S/C28H28FN3O3/c1-32(2)17-19-6-12-22(13-7-19)30-27(20-9-4-18(5-10-20)8-15-25(33)35-3)26-23-14-11-21(29)16-24(23)31-28(26)34/h4-7,9-14,16,30H,8,15,17H2,1-3H3,(H,31,34)/b27-26-. The van der Waals surface area contributed by atoms with Gasteiger partial charge < -0.3 is 20.3 Å². The zero-order chi connectivity index (χ0) is 24.9. The lowest BCUT2D eigenvalue weighted by Gasteiger charge is -2.16. The zero-order valence-electron chi connectivity index (χ0n) is 20.0. The second kappa shape index (κ2) is 10.5. The van der Waals surface area contributed by atoms with Crippen LogP contribution >= 0.6 is 0 Å². The molecule has 0 spiro atoms. The van der Waals surface area contributed by atoms with Gasteiger partial charge in [0.15, 0.2) is 0 Å². The third-order valence-electron chi connectivity index (χ3n) is 5.79. The fraction of sp³-hybridized carbons (Fsp3) is 0.214. The molecule has 0 aliphatic carbocycles. The quantitative estimate of drug-likeness (QED) is 0.359. The number of benzene rings is 3. The van der Waals surface area contributed by atoms with Crippen LogP contribution in [0.3, 0.4) is 0 Å². The van der Waals surface area contributed by atoms with Crippen molar-refractivity contribution in [2.45, 2.75) is 19.4 Å². The van der Waals surface area contributed by atoms with E-state index in [4.69, 9.17) is 4.74 Å². The number of fused-ring (bicyclic) bond motifs is 1. The Morgan fingerprint density at radius 2 is 1.69 bits per heavy atom. The van der Waals surface area contributed by atoms with Crippen LogP contribution in [0.2, 0.25) is 0 Å². The number of methoxy groups -OCH3 is 1.